The summed E-state index contributed by atoms with van der Waals surface area (Å²) in [6.45, 7) is 0.479. The highest BCUT2D eigenvalue weighted by atomic mass is 32.2. The van der Waals surface area contributed by atoms with Crippen LogP contribution in [-0.2, 0) is 16.6 Å². The van der Waals surface area contributed by atoms with Gasteiger partial charge in [-0.3, -0.25) is 9.40 Å². The van der Waals surface area contributed by atoms with Crippen molar-refractivity contribution in [3.8, 4) is 11.5 Å². The number of anilines is 1. The van der Waals surface area contributed by atoms with Gasteiger partial charge in [0.2, 0.25) is 0 Å². The van der Waals surface area contributed by atoms with E-state index < -0.39 is 20.7 Å². The number of aromatic nitrogens is 2. The Kier molecular flexibility index (Phi) is 5.31. The van der Waals surface area contributed by atoms with Crippen molar-refractivity contribution in [2.45, 2.75) is 11.4 Å². The van der Waals surface area contributed by atoms with E-state index in [0.29, 0.717) is 12.2 Å². The summed E-state index contributed by atoms with van der Waals surface area (Å²) in [5.74, 6) is -0.713. The average molecular weight is 391 g/mol. The summed E-state index contributed by atoms with van der Waals surface area (Å²) in [7, 11) is -1.48. The fourth-order valence-corrected chi connectivity index (χ4v) is 3.69. The van der Waals surface area contributed by atoms with Crippen molar-refractivity contribution in [3.05, 3.63) is 66.2 Å². The predicted molar refractivity (Wildman–Crippen MR) is 98.1 cm³/mol. The van der Waals surface area contributed by atoms with E-state index in [1.54, 1.807) is 41.3 Å². The fourth-order valence-electron chi connectivity index (χ4n) is 2.57. The molecule has 0 aliphatic rings. The van der Waals surface area contributed by atoms with Crippen LogP contribution < -0.4 is 14.2 Å². The lowest BCUT2D eigenvalue weighted by molar-refractivity contribution is 0.350. The summed E-state index contributed by atoms with van der Waals surface area (Å²) in [4.78, 5) is -0.530. The number of hydrogen-bond donors (Lipinski definition) is 1. The van der Waals surface area contributed by atoms with Crippen molar-refractivity contribution in [1.82, 2.24) is 9.78 Å². The number of halogens is 1. The minimum atomic E-state index is -4.16. The molecule has 142 valence electrons. The third kappa shape index (κ3) is 4.20. The Morgan fingerprint density at radius 2 is 1.85 bits per heavy atom. The van der Waals surface area contributed by atoms with Crippen LogP contribution in [0.2, 0.25) is 0 Å². The van der Waals surface area contributed by atoms with E-state index in [0.717, 1.165) is 17.7 Å². The third-order valence-corrected chi connectivity index (χ3v) is 5.21. The van der Waals surface area contributed by atoms with E-state index in [2.05, 4.69) is 9.82 Å². The molecule has 3 rings (SSSR count). The molecule has 0 aliphatic carbocycles. The van der Waals surface area contributed by atoms with Gasteiger partial charge in [-0.2, -0.15) is 5.10 Å². The Bertz CT molecular complexity index is 1040. The van der Waals surface area contributed by atoms with Gasteiger partial charge >= 0.3 is 0 Å². The normalized spacial score (nSPS) is 11.2. The molecule has 0 bridgehead atoms. The highest BCUT2D eigenvalue weighted by Crippen LogP contribution is 2.32. The Morgan fingerprint density at radius 1 is 1.11 bits per heavy atom. The number of methoxy groups -OCH3 is 2. The fraction of sp³-hybridized carbons (Fsp3) is 0.167. The van der Waals surface area contributed by atoms with E-state index in [4.69, 9.17) is 9.47 Å². The van der Waals surface area contributed by atoms with Crippen LogP contribution in [-0.4, -0.2) is 32.4 Å². The zero-order valence-corrected chi connectivity index (χ0v) is 15.5. The Morgan fingerprint density at radius 3 is 2.52 bits per heavy atom. The van der Waals surface area contributed by atoms with E-state index in [1.807, 2.05) is 6.07 Å². The maximum atomic E-state index is 14.3. The van der Waals surface area contributed by atoms with Gasteiger partial charge in [0, 0.05) is 30.2 Å². The minimum absolute atomic E-state index is 0.107. The van der Waals surface area contributed by atoms with E-state index in [1.165, 1.54) is 14.2 Å². The molecule has 1 aromatic heterocycles. The van der Waals surface area contributed by atoms with Crippen LogP contribution in [0.4, 0.5) is 10.1 Å². The lowest BCUT2D eigenvalue weighted by atomic mass is 10.2. The Hall–Kier alpha value is -3.07. The number of nitrogens with zero attached hydrogens (tertiary/aromatic N) is 2. The highest BCUT2D eigenvalue weighted by Gasteiger charge is 2.23. The lowest BCUT2D eigenvalue weighted by Crippen LogP contribution is -2.15. The summed E-state index contributed by atoms with van der Waals surface area (Å²) in [5, 5.41) is 4.11. The van der Waals surface area contributed by atoms with Gasteiger partial charge in [0.15, 0.2) is 11.5 Å². The number of sulfonamides is 1. The van der Waals surface area contributed by atoms with Gasteiger partial charge in [-0.05, 0) is 23.8 Å². The average Bonchev–Trinajstić information content (AvgIpc) is 3.14. The molecule has 2 aromatic carbocycles. The first-order valence-corrected chi connectivity index (χ1v) is 9.42. The third-order valence-electron chi connectivity index (χ3n) is 3.81. The minimum Gasteiger partial charge on any atom is -0.493 e. The molecule has 0 saturated heterocycles. The molecular formula is C18H18FN3O4S. The first-order valence-electron chi connectivity index (χ1n) is 7.93. The topological polar surface area (TPSA) is 82.5 Å². The summed E-state index contributed by atoms with van der Waals surface area (Å²) in [6, 6.07) is 10.7. The van der Waals surface area contributed by atoms with Crippen LogP contribution in [0, 0.1) is 5.82 Å². The molecule has 0 amide bonds. The summed E-state index contributed by atoms with van der Waals surface area (Å²) in [6.07, 6.45) is 3.46. The molecule has 0 aliphatic heterocycles. The summed E-state index contributed by atoms with van der Waals surface area (Å²) >= 11 is 0. The van der Waals surface area contributed by atoms with Crippen LogP contribution in [0.5, 0.6) is 11.5 Å². The second-order valence-corrected chi connectivity index (χ2v) is 7.30. The number of rotatable bonds is 7. The van der Waals surface area contributed by atoms with Crippen molar-refractivity contribution >= 4 is 15.7 Å². The van der Waals surface area contributed by atoms with Gasteiger partial charge in [-0.1, -0.05) is 12.1 Å². The van der Waals surface area contributed by atoms with Gasteiger partial charge in [0.1, 0.15) is 10.7 Å². The first-order chi connectivity index (χ1) is 12.9. The maximum Gasteiger partial charge on any atom is 0.264 e. The number of ether oxygens (including phenoxy) is 2. The van der Waals surface area contributed by atoms with Gasteiger partial charge in [0.05, 0.1) is 20.8 Å². The van der Waals surface area contributed by atoms with Crippen molar-refractivity contribution in [1.29, 1.82) is 0 Å². The molecule has 1 N–H and O–H groups in total. The smallest absolute Gasteiger partial charge is 0.264 e. The molecule has 0 radical (unpaired) electrons. The van der Waals surface area contributed by atoms with Crippen LogP contribution in [0.1, 0.15) is 5.56 Å². The van der Waals surface area contributed by atoms with Gasteiger partial charge in [-0.25, -0.2) is 12.8 Å². The Balaban J connectivity index is 1.89. The second kappa shape index (κ2) is 7.67. The monoisotopic (exact) mass is 391 g/mol. The lowest BCUT2D eigenvalue weighted by Gasteiger charge is -2.13. The molecular weight excluding hydrogens is 373 g/mol. The van der Waals surface area contributed by atoms with Gasteiger partial charge < -0.3 is 9.47 Å². The molecule has 1 heterocycles. The zero-order chi connectivity index (χ0) is 19.4. The SMILES string of the molecule is COc1cc(F)c(S(=O)(=O)Nc2cccc(Cn3cccn3)c2)cc1OC. The van der Waals surface area contributed by atoms with E-state index in [9.17, 15) is 12.8 Å². The molecule has 0 fully saturated rings. The molecule has 0 unspecified atom stereocenters. The predicted octanol–water partition coefficient (Wildman–Crippen LogP) is 2.89. The molecule has 0 atom stereocenters. The molecule has 0 saturated carbocycles. The number of hydrogen-bond acceptors (Lipinski definition) is 5. The zero-order valence-electron chi connectivity index (χ0n) is 14.7. The quantitative estimate of drug-likeness (QED) is 0.670. The summed E-state index contributed by atoms with van der Waals surface area (Å²) < 4.78 is 53.8. The highest BCUT2D eigenvalue weighted by molar-refractivity contribution is 7.92. The molecule has 3 aromatic rings. The number of benzene rings is 2. The van der Waals surface area contributed by atoms with Crippen molar-refractivity contribution in [3.63, 3.8) is 0 Å². The van der Waals surface area contributed by atoms with Crippen molar-refractivity contribution < 1.29 is 22.3 Å². The van der Waals surface area contributed by atoms with Crippen molar-refractivity contribution in [2.75, 3.05) is 18.9 Å². The second-order valence-electron chi connectivity index (χ2n) is 5.65. The first kappa shape index (κ1) is 18.7. The van der Waals surface area contributed by atoms with Crippen LogP contribution in [0.15, 0.2) is 59.8 Å². The molecule has 0 spiro atoms. The molecule has 27 heavy (non-hydrogen) atoms. The van der Waals surface area contributed by atoms with Crippen molar-refractivity contribution in [2.24, 2.45) is 0 Å². The molecule has 9 heteroatoms. The van der Waals surface area contributed by atoms with E-state index in [-0.39, 0.29) is 11.5 Å². The largest absolute Gasteiger partial charge is 0.493 e. The number of nitrogens with one attached hydrogen (secondary N) is 1. The van der Waals surface area contributed by atoms with Crippen LogP contribution in [0.3, 0.4) is 0 Å². The van der Waals surface area contributed by atoms with E-state index >= 15 is 0 Å². The van der Waals surface area contributed by atoms with Gasteiger partial charge in [-0.15, -0.1) is 0 Å². The standard InChI is InChI=1S/C18H18FN3O4S/c1-25-16-10-15(19)18(11-17(16)26-2)27(23,24)21-14-6-3-5-13(9-14)12-22-8-4-7-20-22/h3-11,21H,12H2,1-2H3. The van der Waals surface area contributed by atoms with Gasteiger partial charge in [0.25, 0.3) is 10.0 Å². The van der Waals surface area contributed by atoms with Crippen LogP contribution in [0.25, 0.3) is 0 Å². The maximum absolute atomic E-state index is 14.3. The Labute approximate surface area is 156 Å². The summed E-state index contributed by atoms with van der Waals surface area (Å²) in [5.41, 5.74) is 1.15. The molecule has 7 nitrogen and oxygen atoms in total. The van der Waals surface area contributed by atoms with Crippen LogP contribution >= 0.6 is 0 Å².